The summed E-state index contributed by atoms with van der Waals surface area (Å²) in [5, 5.41) is 21.1. The van der Waals surface area contributed by atoms with Gasteiger partial charge in [-0.2, -0.15) is 5.26 Å². The molecule has 3 N–H and O–H groups in total. The topological polar surface area (TPSA) is 121 Å². The number of hydrogen-bond acceptors (Lipinski definition) is 9. The van der Waals surface area contributed by atoms with Crippen LogP contribution < -0.4 is 10.6 Å². The van der Waals surface area contributed by atoms with E-state index in [4.69, 9.17) is 27.1 Å². The molecule has 0 amide bonds. The average molecular weight is 511 g/mol. The molecular formula is C24H20ClFN6O2S. The van der Waals surface area contributed by atoms with Crippen molar-refractivity contribution < 1.29 is 14.2 Å². The SMILES string of the molecule is CC1CN(c2ncc3c4c(c(-c5ncc(F)c6sc(N)c(C#N)c56)c(Cl)c3n2)COC4)CC1CO. The number of nitrogen functional groups attached to an aromatic ring is 1. The third-order valence-electron chi connectivity index (χ3n) is 7.02. The van der Waals surface area contributed by atoms with Gasteiger partial charge >= 0.3 is 0 Å². The summed E-state index contributed by atoms with van der Waals surface area (Å²) < 4.78 is 20.7. The Morgan fingerprint density at radius 3 is 2.86 bits per heavy atom. The molecule has 1 aromatic carbocycles. The second kappa shape index (κ2) is 8.24. The number of hydrogen-bond donors (Lipinski definition) is 2. The highest BCUT2D eigenvalue weighted by molar-refractivity contribution is 7.23. The minimum Gasteiger partial charge on any atom is -0.396 e. The number of aromatic nitrogens is 3. The number of benzene rings is 1. The Hall–Kier alpha value is -3.10. The molecule has 2 aliphatic rings. The molecule has 2 atom stereocenters. The molecule has 2 aliphatic heterocycles. The summed E-state index contributed by atoms with van der Waals surface area (Å²) in [6.07, 6.45) is 2.89. The Kier molecular flexibility index (Phi) is 5.27. The molecule has 0 radical (unpaired) electrons. The van der Waals surface area contributed by atoms with E-state index in [2.05, 4.69) is 23.0 Å². The van der Waals surface area contributed by atoms with Gasteiger partial charge in [0.25, 0.3) is 0 Å². The Morgan fingerprint density at radius 2 is 2.11 bits per heavy atom. The van der Waals surface area contributed by atoms with Gasteiger partial charge in [0.2, 0.25) is 5.95 Å². The van der Waals surface area contributed by atoms with Crippen LogP contribution in [0.1, 0.15) is 23.6 Å². The van der Waals surface area contributed by atoms with Gasteiger partial charge in [0, 0.05) is 48.1 Å². The normalized spacial score (nSPS) is 19.6. The molecule has 11 heteroatoms. The molecule has 5 heterocycles. The highest BCUT2D eigenvalue weighted by atomic mass is 35.5. The third-order valence-corrected chi connectivity index (χ3v) is 8.41. The van der Waals surface area contributed by atoms with Gasteiger partial charge in [-0.3, -0.25) is 4.98 Å². The number of nitrogens with two attached hydrogens (primary N) is 1. The Labute approximate surface area is 208 Å². The number of thiophene rings is 1. The zero-order chi connectivity index (χ0) is 24.4. The monoisotopic (exact) mass is 510 g/mol. The Morgan fingerprint density at radius 1 is 1.31 bits per heavy atom. The number of ether oxygens (including phenoxy) is 1. The Bertz CT molecular complexity index is 1570. The molecule has 1 fully saturated rings. The summed E-state index contributed by atoms with van der Waals surface area (Å²) >= 11 is 8.03. The van der Waals surface area contributed by atoms with Gasteiger partial charge in [-0.15, -0.1) is 11.3 Å². The molecule has 0 bridgehead atoms. The highest BCUT2D eigenvalue weighted by Gasteiger charge is 2.32. The van der Waals surface area contributed by atoms with Crippen molar-refractivity contribution in [1.82, 2.24) is 15.0 Å². The van der Waals surface area contributed by atoms with E-state index in [1.165, 1.54) is 0 Å². The maximum atomic E-state index is 14.6. The minimum atomic E-state index is -0.544. The lowest BCUT2D eigenvalue weighted by Gasteiger charge is -2.19. The van der Waals surface area contributed by atoms with E-state index in [0.717, 1.165) is 40.6 Å². The number of nitrogens with zero attached hydrogens (tertiary/aromatic N) is 5. The van der Waals surface area contributed by atoms with E-state index >= 15 is 0 Å². The van der Waals surface area contributed by atoms with E-state index < -0.39 is 5.82 Å². The van der Waals surface area contributed by atoms with Crippen molar-refractivity contribution in [1.29, 1.82) is 5.26 Å². The molecule has 8 nitrogen and oxygen atoms in total. The van der Waals surface area contributed by atoms with Gasteiger partial charge in [-0.05, 0) is 17.0 Å². The van der Waals surface area contributed by atoms with Gasteiger partial charge in [0.1, 0.15) is 11.1 Å². The largest absolute Gasteiger partial charge is 0.396 e. The standard InChI is InChI=1S/C24H20ClFN6O2S/c1-10-5-32(6-11(10)7-33)24-30-3-13-14-8-34-9-15(14)17(19(25)20(13)31-24)21-18-12(2-27)23(28)35-22(18)16(26)4-29-21/h3-4,10-11,33H,5-9,28H2,1H3. The first-order chi connectivity index (χ1) is 16.9. The molecule has 3 aromatic heterocycles. The van der Waals surface area contributed by atoms with Crippen molar-refractivity contribution in [3.05, 3.63) is 39.9 Å². The fraction of sp³-hybridized carbons (Fsp3) is 0.333. The van der Waals surface area contributed by atoms with Crippen LogP contribution in [-0.2, 0) is 18.0 Å². The summed E-state index contributed by atoms with van der Waals surface area (Å²) in [7, 11) is 0. The fourth-order valence-corrected chi connectivity index (χ4v) is 6.39. The van der Waals surface area contributed by atoms with Crippen molar-refractivity contribution in [2.45, 2.75) is 20.1 Å². The van der Waals surface area contributed by atoms with Crippen molar-refractivity contribution in [3.8, 4) is 17.3 Å². The van der Waals surface area contributed by atoms with Gasteiger partial charge in [0.15, 0.2) is 5.82 Å². The van der Waals surface area contributed by atoms with E-state index in [1.54, 1.807) is 6.20 Å². The first-order valence-electron chi connectivity index (χ1n) is 11.1. The maximum Gasteiger partial charge on any atom is 0.225 e. The average Bonchev–Trinajstić information content (AvgIpc) is 3.57. The molecule has 35 heavy (non-hydrogen) atoms. The molecule has 178 valence electrons. The van der Waals surface area contributed by atoms with Crippen LogP contribution in [-0.4, -0.2) is 39.8 Å². The van der Waals surface area contributed by atoms with Crippen LogP contribution in [0.2, 0.25) is 5.02 Å². The number of rotatable bonds is 3. The lowest BCUT2D eigenvalue weighted by molar-refractivity contribution is 0.135. The second-order valence-electron chi connectivity index (χ2n) is 9.01. The zero-order valence-corrected chi connectivity index (χ0v) is 20.3. The highest BCUT2D eigenvalue weighted by Crippen LogP contribution is 2.47. The number of fused-ring (bicyclic) bond motifs is 4. The summed E-state index contributed by atoms with van der Waals surface area (Å²) in [6, 6.07) is 2.09. The summed E-state index contributed by atoms with van der Waals surface area (Å²) in [4.78, 5) is 15.9. The van der Waals surface area contributed by atoms with Crippen molar-refractivity contribution in [2.75, 3.05) is 30.3 Å². The second-order valence-corrected chi connectivity index (χ2v) is 10.4. The number of aliphatic hydroxyl groups excluding tert-OH is 1. The maximum absolute atomic E-state index is 14.6. The van der Waals surface area contributed by atoms with Crippen LogP contribution in [0.4, 0.5) is 15.3 Å². The van der Waals surface area contributed by atoms with Crippen LogP contribution in [0.15, 0.2) is 12.4 Å². The van der Waals surface area contributed by atoms with Crippen molar-refractivity contribution in [3.63, 3.8) is 0 Å². The number of halogens is 2. The molecular weight excluding hydrogens is 491 g/mol. The molecule has 6 rings (SSSR count). The van der Waals surface area contributed by atoms with Crippen molar-refractivity contribution in [2.24, 2.45) is 11.8 Å². The lowest BCUT2D eigenvalue weighted by atomic mass is 9.94. The Balaban J connectivity index is 1.62. The quantitative estimate of drug-likeness (QED) is 0.419. The number of pyridine rings is 1. The smallest absolute Gasteiger partial charge is 0.225 e. The van der Waals surface area contributed by atoms with Crippen LogP contribution in [0, 0.1) is 29.0 Å². The predicted octanol–water partition coefficient (Wildman–Crippen LogP) is 4.25. The van der Waals surface area contributed by atoms with Gasteiger partial charge in [-0.25, -0.2) is 14.4 Å². The van der Waals surface area contributed by atoms with Gasteiger partial charge < -0.3 is 20.5 Å². The first kappa shape index (κ1) is 22.4. The minimum absolute atomic E-state index is 0.109. The fourth-order valence-electron chi connectivity index (χ4n) is 5.13. The zero-order valence-electron chi connectivity index (χ0n) is 18.7. The molecule has 0 spiro atoms. The molecule has 4 aromatic rings. The van der Waals surface area contributed by atoms with Crippen LogP contribution in [0.3, 0.4) is 0 Å². The molecule has 2 unspecified atom stereocenters. The predicted molar refractivity (Wildman–Crippen MR) is 133 cm³/mol. The number of aliphatic hydroxyl groups is 1. The molecule has 0 saturated carbocycles. The first-order valence-corrected chi connectivity index (χ1v) is 12.3. The van der Waals surface area contributed by atoms with Crippen molar-refractivity contribution >= 4 is 54.9 Å². The molecule has 0 aliphatic carbocycles. The van der Waals surface area contributed by atoms with Gasteiger partial charge in [0.05, 0.1) is 45.9 Å². The summed E-state index contributed by atoms with van der Waals surface area (Å²) in [5.74, 6) is 0.447. The van der Waals surface area contributed by atoms with E-state index in [-0.39, 0.29) is 27.8 Å². The summed E-state index contributed by atoms with van der Waals surface area (Å²) in [6.45, 7) is 4.25. The van der Waals surface area contributed by atoms with E-state index in [1.807, 2.05) is 4.90 Å². The molecule has 1 saturated heterocycles. The number of anilines is 2. The van der Waals surface area contributed by atoms with E-state index in [0.29, 0.717) is 58.8 Å². The summed E-state index contributed by atoms with van der Waals surface area (Å²) in [5.41, 5.74) is 9.44. The van der Waals surface area contributed by atoms with E-state index in [9.17, 15) is 14.8 Å². The number of nitriles is 1. The van der Waals surface area contributed by atoms with Crippen LogP contribution in [0.25, 0.3) is 32.2 Å². The van der Waals surface area contributed by atoms with Crippen LogP contribution in [0.5, 0.6) is 0 Å². The van der Waals surface area contributed by atoms with Crippen LogP contribution >= 0.6 is 22.9 Å². The van der Waals surface area contributed by atoms with Gasteiger partial charge in [-0.1, -0.05) is 18.5 Å². The lowest BCUT2D eigenvalue weighted by Crippen LogP contribution is -2.23. The third kappa shape index (κ3) is 3.27.